The van der Waals surface area contributed by atoms with Crippen molar-refractivity contribution in [3.63, 3.8) is 0 Å². The number of nitrogens with one attached hydrogen (secondary N) is 2. The highest BCUT2D eigenvalue weighted by atomic mass is 127. The fraction of sp³-hybridized carbons (Fsp3) is 0.211. The van der Waals surface area contributed by atoms with Gasteiger partial charge in [0.2, 0.25) is 0 Å². The molecule has 5 nitrogen and oxygen atoms in total. The number of benzene rings is 2. The van der Waals surface area contributed by atoms with E-state index in [0.717, 1.165) is 17.7 Å². The number of hydrogen-bond donors (Lipinski definition) is 3. The lowest BCUT2D eigenvalue weighted by molar-refractivity contribution is -0.116. The lowest BCUT2D eigenvalue weighted by Gasteiger charge is -2.12. The molecular weight excluding hydrogens is 463 g/mol. The van der Waals surface area contributed by atoms with Crippen LogP contribution in [0.15, 0.2) is 41.3 Å². The minimum Gasteiger partial charge on any atom is -0.504 e. The van der Waals surface area contributed by atoms with Gasteiger partial charge in [-0.2, -0.15) is 0 Å². The predicted molar refractivity (Wildman–Crippen MR) is 114 cm³/mol. The molecule has 0 saturated carbocycles. The number of anilines is 1. The van der Waals surface area contributed by atoms with E-state index in [1.165, 1.54) is 24.4 Å². The molecule has 1 atom stereocenters. The van der Waals surface area contributed by atoms with Crippen LogP contribution in [0.25, 0.3) is 6.08 Å². The second kappa shape index (κ2) is 8.22. The summed E-state index contributed by atoms with van der Waals surface area (Å²) < 4.78 is 5.84. The molecular formula is C19H19IN2O3S. The standard InChI is InChI=1S/C19H19IN2O3S/c1-3-11-4-6-13(7-5-11)21-19-22-18(24)16(26-19)10-12-8-14(20)17(23)15(9-12)25-2/h4-10,19,21,23H,3H2,1-2H3,(H,22,24)/b16-10-/t19-/m1/s1. The molecule has 0 unspecified atom stereocenters. The van der Waals surface area contributed by atoms with E-state index in [0.29, 0.717) is 14.2 Å². The summed E-state index contributed by atoms with van der Waals surface area (Å²) in [6.07, 6.45) is 2.79. The van der Waals surface area contributed by atoms with Crippen molar-refractivity contribution in [3.8, 4) is 11.5 Å². The van der Waals surface area contributed by atoms with Gasteiger partial charge in [-0.05, 0) is 70.5 Å². The SMILES string of the molecule is CCc1ccc(N[C@@H]2NC(=O)/C(=C/c3cc(I)c(O)c(OC)c3)S2)cc1. The normalized spacial score (nSPS) is 18.0. The maximum absolute atomic E-state index is 12.3. The molecule has 0 aromatic heterocycles. The Bertz CT molecular complexity index is 853. The second-order valence-electron chi connectivity index (χ2n) is 5.73. The van der Waals surface area contributed by atoms with Crippen LogP contribution in [0.2, 0.25) is 0 Å². The van der Waals surface area contributed by atoms with Crippen LogP contribution in [0.4, 0.5) is 5.69 Å². The van der Waals surface area contributed by atoms with Gasteiger partial charge in [0, 0.05) is 5.69 Å². The van der Waals surface area contributed by atoms with Gasteiger partial charge in [-0.15, -0.1) is 0 Å². The summed E-state index contributed by atoms with van der Waals surface area (Å²) in [6, 6.07) is 11.7. The molecule has 2 aromatic carbocycles. The number of carbonyl (C=O) groups is 1. The summed E-state index contributed by atoms with van der Waals surface area (Å²) in [5.74, 6) is 0.367. The van der Waals surface area contributed by atoms with Gasteiger partial charge in [-0.25, -0.2) is 0 Å². The molecule has 3 N–H and O–H groups in total. The lowest BCUT2D eigenvalue weighted by atomic mass is 10.1. The number of aromatic hydroxyl groups is 1. The monoisotopic (exact) mass is 482 g/mol. The quantitative estimate of drug-likeness (QED) is 0.441. The van der Waals surface area contributed by atoms with E-state index in [2.05, 4.69) is 29.7 Å². The van der Waals surface area contributed by atoms with Gasteiger partial charge in [-0.1, -0.05) is 30.8 Å². The highest BCUT2D eigenvalue weighted by Crippen LogP contribution is 2.35. The van der Waals surface area contributed by atoms with Crippen LogP contribution in [-0.4, -0.2) is 23.6 Å². The van der Waals surface area contributed by atoms with Crippen molar-refractivity contribution in [3.05, 3.63) is 56.0 Å². The maximum atomic E-state index is 12.3. The number of aryl methyl sites for hydroxylation is 1. The first-order chi connectivity index (χ1) is 12.5. The highest BCUT2D eigenvalue weighted by Gasteiger charge is 2.27. The number of hydrogen-bond acceptors (Lipinski definition) is 5. The van der Waals surface area contributed by atoms with E-state index in [-0.39, 0.29) is 17.2 Å². The smallest absolute Gasteiger partial charge is 0.260 e. The molecule has 7 heteroatoms. The minimum atomic E-state index is -0.223. The van der Waals surface area contributed by atoms with E-state index < -0.39 is 0 Å². The first-order valence-electron chi connectivity index (χ1n) is 8.11. The van der Waals surface area contributed by atoms with Gasteiger partial charge in [0.05, 0.1) is 15.6 Å². The number of phenolic OH excluding ortho intramolecular Hbond substituents is 1. The van der Waals surface area contributed by atoms with Crippen LogP contribution in [0, 0.1) is 3.57 Å². The number of ether oxygens (including phenoxy) is 1. The zero-order chi connectivity index (χ0) is 18.7. The fourth-order valence-electron chi connectivity index (χ4n) is 2.54. The molecule has 2 aromatic rings. The molecule has 136 valence electrons. The van der Waals surface area contributed by atoms with Crippen LogP contribution in [0.3, 0.4) is 0 Å². The fourth-order valence-corrected chi connectivity index (χ4v) is 4.15. The molecule has 0 spiro atoms. The largest absolute Gasteiger partial charge is 0.504 e. The number of rotatable bonds is 5. The third kappa shape index (κ3) is 4.27. The second-order valence-corrected chi connectivity index (χ2v) is 8.04. The number of amides is 1. The summed E-state index contributed by atoms with van der Waals surface area (Å²) in [5.41, 5.74) is 2.81. The van der Waals surface area contributed by atoms with E-state index in [1.807, 2.05) is 40.8 Å². The Morgan fingerprint density at radius 1 is 1.35 bits per heavy atom. The van der Waals surface area contributed by atoms with E-state index in [1.54, 1.807) is 12.1 Å². The van der Waals surface area contributed by atoms with Crippen LogP contribution < -0.4 is 15.4 Å². The predicted octanol–water partition coefficient (Wildman–Crippen LogP) is 4.17. The van der Waals surface area contributed by atoms with Crippen molar-refractivity contribution in [2.75, 3.05) is 12.4 Å². The van der Waals surface area contributed by atoms with Crippen molar-refractivity contribution < 1.29 is 14.6 Å². The number of thioether (sulfide) groups is 1. The Kier molecular flexibility index (Phi) is 5.98. The molecule has 1 saturated heterocycles. The van der Waals surface area contributed by atoms with Crippen molar-refractivity contribution in [2.24, 2.45) is 0 Å². The summed E-state index contributed by atoms with van der Waals surface area (Å²) in [6.45, 7) is 2.12. The number of phenols is 1. The third-order valence-corrected chi connectivity index (χ3v) is 5.81. The minimum absolute atomic E-state index is 0.105. The highest BCUT2D eigenvalue weighted by molar-refractivity contribution is 14.1. The molecule has 3 rings (SSSR count). The lowest BCUT2D eigenvalue weighted by Crippen LogP contribution is -2.30. The van der Waals surface area contributed by atoms with Gasteiger partial charge in [0.25, 0.3) is 5.91 Å². The molecule has 0 aliphatic carbocycles. The number of methoxy groups -OCH3 is 1. The first kappa shape index (κ1) is 18.9. The van der Waals surface area contributed by atoms with Gasteiger partial charge >= 0.3 is 0 Å². The maximum Gasteiger partial charge on any atom is 0.260 e. The van der Waals surface area contributed by atoms with Crippen LogP contribution in [0.5, 0.6) is 11.5 Å². The van der Waals surface area contributed by atoms with Gasteiger partial charge < -0.3 is 20.5 Å². The molecule has 1 aliphatic rings. The molecule has 1 aliphatic heterocycles. The van der Waals surface area contributed by atoms with Gasteiger partial charge in [-0.3, -0.25) is 4.79 Å². The van der Waals surface area contributed by atoms with Crippen molar-refractivity contribution >= 4 is 52.0 Å². The van der Waals surface area contributed by atoms with Gasteiger partial charge in [0.15, 0.2) is 17.0 Å². The average Bonchev–Trinajstić information content (AvgIpc) is 2.97. The van der Waals surface area contributed by atoms with E-state index >= 15 is 0 Å². The van der Waals surface area contributed by atoms with Crippen LogP contribution >= 0.6 is 34.4 Å². The Morgan fingerprint density at radius 2 is 2.08 bits per heavy atom. The molecule has 1 amide bonds. The van der Waals surface area contributed by atoms with Crippen LogP contribution in [-0.2, 0) is 11.2 Å². The summed E-state index contributed by atoms with van der Waals surface area (Å²) in [4.78, 5) is 12.9. The average molecular weight is 482 g/mol. The first-order valence-corrected chi connectivity index (χ1v) is 10.1. The van der Waals surface area contributed by atoms with Gasteiger partial charge in [0.1, 0.15) is 0 Å². The third-order valence-electron chi connectivity index (χ3n) is 3.96. The molecule has 26 heavy (non-hydrogen) atoms. The Balaban J connectivity index is 1.75. The Morgan fingerprint density at radius 3 is 2.73 bits per heavy atom. The summed E-state index contributed by atoms with van der Waals surface area (Å²) in [5, 5.41) is 16.2. The van der Waals surface area contributed by atoms with Crippen LogP contribution in [0.1, 0.15) is 18.1 Å². The Hall–Kier alpha value is -1.87. The molecule has 1 fully saturated rings. The van der Waals surface area contributed by atoms with Crippen molar-refractivity contribution in [1.82, 2.24) is 5.32 Å². The zero-order valence-electron chi connectivity index (χ0n) is 14.4. The molecule has 0 bridgehead atoms. The topological polar surface area (TPSA) is 70.6 Å². The van der Waals surface area contributed by atoms with Crippen molar-refractivity contribution in [2.45, 2.75) is 18.8 Å². The summed E-state index contributed by atoms with van der Waals surface area (Å²) in [7, 11) is 1.50. The molecule has 1 heterocycles. The number of carbonyl (C=O) groups excluding carboxylic acids is 1. The van der Waals surface area contributed by atoms with E-state index in [9.17, 15) is 9.90 Å². The van der Waals surface area contributed by atoms with Crippen molar-refractivity contribution in [1.29, 1.82) is 0 Å². The summed E-state index contributed by atoms with van der Waals surface area (Å²) >= 11 is 3.46. The van der Waals surface area contributed by atoms with E-state index in [4.69, 9.17) is 4.74 Å². The Labute approximate surface area is 170 Å². The number of halogens is 1. The molecule has 0 radical (unpaired) electrons. The zero-order valence-corrected chi connectivity index (χ0v) is 17.3.